The van der Waals surface area contributed by atoms with Crippen LogP contribution < -0.4 is 4.74 Å². The first kappa shape index (κ1) is 23.9. The number of carbonyl (C=O) groups excluding carboxylic acids is 1. The van der Waals surface area contributed by atoms with Crippen molar-refractivity contribution in [2.75, 3.05) is 13.7 Å². The Bertz CT molecular complexity index is 1720. The van der Waals surface area contributed by atoms with Gasteiger partial charge in [0.05, 0.1) is 18.4 Å². The molecule has 1 amide bonds. The highest BCUT2D eigenvalue weighted by Gasteiger charge is 2.20. The van der Waals surface area contributed by atoms with E-state index in [9.17, 15) is 4.79 Å². The number of carbonyl (C=O) groups is 1. The van der Waals surface area contributed by atoms with Crippen molar-refractivity contribution in [3.8, 4) is 17.0 Å². The van der Waals surface area contributed by atoms with Crippen LogP contribution in [0.15, 0.2) is 109 Å². The Morgan fingerprint density at radius 2 is 1.68 bits per heavy atom. The smallest absolute Gasteiger partial charge is 0.257 e. The molecule has 0 N–H and O–H groups in total. The van der Waals surface area contributed by atoms with E-state index in [1.807, 2.05) is 47.4 Å². The zero-order valence-electron chi connectivity index (χ0n) is 21.1. The van der Waals surface area contributed by atoms with E-state index in [-0.39, 0.29) is 5.91 Å². The van der Waals surface area contributed by atoms with Crippen LogP contribution in [0.25, 0.3) is 27.0 Å². The second kappa shape index (κ2) is 10.5. The number of imidazole rings is 1. The molecule has 0 bridgehead atoms. The van der Waals surface area contributed by atoms with E-state index in [0.29, 0.717) is 30.8 Å². The maximum atomic E-state index is 13.7. The number of aromatic nitrogens is 2. The van der Waals surface area contributed by atoms with E-state index in [4.69, 9.17) is 9.72 Å². The Labute approximate surface area is 225 Å². The molecule has 2 heterocycles. The minimum absolute atomic E-state index is 0.0414. The molecule has 0 saturated heterocycles. The van der Waals surface area contributed by atoms with Crippen molar-refractivity contribution in [1.29, 1.82) is 0 Å². The number of rotatable bonds is 8. The summed E-state index contributed by atoms with van der Waals surface area (Å²) in [7, 11) is 1.60. The van der Waals surface area contributed by atoms with Crippen molar-refractivity contribution < 1.29 is 9.53 Å². The summed E-state index contributed by atoms with van der Waals surface area (Å²) in [6, 6.07) is 32.3. The third kappa shape index (κ3) is 4.78. The normalized spacial score (nSPS) is 11.2. The van der Waals surface area contributed by atoms with Gasteiger partial charge in [0.15, 0.2) is 4.96 Å². The lowest BCUT2D eigenvalue weighted by atomic mass is 10.1. The van der Waals surface area contributed by atoms with Crippen LogP contribution in [-0.4, -0.2) is 33.8 Å². The third-order valence-corrected chi connectivity index (χ3v) is 7.70. The summed E-state index contributed by atoms with van der Waals surface area (Å²) in [5.41, 5.74) is 4.85. The summed E-state index contributed by atoms with van der Waals surface area (Å²) in [6.07, 6.45) is 2.82. The predicted octanol–water partition coefficient (Wildman–Crippen LogP) is 7.11. The average molecular weight is 518 g/mol. The molecule has 188 valence electrons. The molecule has 0 atom stereocenters. The third-order valence-electron chi connectivity index (χ3n) is 6.81. The Morgan fingerprint density at radius 1 is 0.921 bits per heavy atom. The van der Waals surface area contributed by atoms with E-state index < -0.39 is 0 Å². The Balaban J connectivity index is 1.27. The van der Waals surface area contributed by atoms with Gasteiger partial charge in [0.25, 0.3) is 5.91 Å². The number of fused-ring (bicyclic) bond motifs is 2. The monoisotopic (exact) mass is 517 g/mol. The molecule has 0 aliphatic heterocycles. The van der Waals surface area contributed by atoms with Gasteiger partial charge in [0, 0.05) is 42.3 Å². The van der Waals surface area contributed by atoms with E-state index in [1.165, 1.54) is 10.8 Å². The highest BCUT2D eigenvalue weighted by molar-refractivity contribution is 7.15. The van der Waals surface area contributed by atoms with Gasteiger partial charge in [-0.05, 0) is 34.5 Å². The fourth-order valence-corrected chi connectivity index (χ4v) is 5.70. The molecule has 6 aromatic rings. The van der Waals surface area contributed by atoms with E-state index in [0.717, 1.165) is 27.5 Å². The van der Waals surface area contributed by atoms with Gasteiger partial charge in [-0.15, -0.1) is 11.3 Å². The summed E-state index contributed by atoms with van der Waals surface area (Å²) < 4.78 is 7.64. The number of thiazole rings is 1. The first-order chi connectivity index (χ1) is 18.7. The number of amides is 1. The minimum atomic E-state index is -0.0414. The minimum Gasteiger partial charge on any atom is -0.496 e. The van der Waals surface area contributed by atoms with Gasteiger partial charge in [-0.1, -0.05) is 78.9 Å². The molecule has 0 unspecified atom stereocenters. The summed E-state index contributed by atoms with van der Waals surface area (Å²) in [4.78, 5) is 21.4. The summed E-state index contributed by atoms with van der Waals surface area (Å²) in [5.74, 6) is 0.545. The van der Waals surface area contributed by atoms with Crippen molar-refractivity contribution in [3.05, 3.63) is 125 Å². The summed E-state index contributed by atoms with van der Waals surface area (Å²) >= 11 is 1.63. The fraction of sp³-hybridized carbons (Fsp3) is 0.125. The van der Waals surface area contributed by atoms with Crippen molar-refractivity contribution >= 4 is 33.0 Å². The molecular formula is C32H27N3O2S. The Kier molecular flexibility index (Phi) is 6.63. The molecule has 0 saturated carbocycles. The Morgan fingerprint density at radius 3 is 2.53 bits per heavy atom. The van der Waals surface area contributed by atoms with Crippen LogP contribution in [-0.2, 0) is 13.0 Å². The molecule has 0 spiro atoms. The van der Waals surface area contributed by atoms with Crippen LogP contribution in [0, 0.1) is 0 Å². The van der Waals surface area contributed by atoms with E-state index in [2.05, 4.69) is 70.6 Å². The number of methoxy groups -OCH3 is 1. The number of para-hydroxylation sites is 1. The first-order valence-corrected chi connectivity index (χ1v) is 13.5. The van der Waals surface area contributed by atoms with Crippen LogP contribution in [0.3, 0.4) is 0 Å². The summed E-state index contributed by atoms with van der Waals surface area (Å²) in [6.45, 7) is 1.10. The van der Waals surface area contributed by atoms with Crippen LogP contribution in [0.1, 0.15) is 21.6 Å². The maximum absolute atomic E-state index is 13.7. The highest BCUT2D eigenvalue weighted by Crippen LogP contribution is 2.27. The molecule has 4 aromatic carbocycles. The van der Waals surface area contributed by atoms with Gasteiger partial charge < -0.3 is 9.64 Å². The number of benzene rings is 4. The molecule has 38 heavy (non-hydrogen) atoms. The molecule has 6 rings (SSSR count). The molecule has 6 heteroatoms. The summed E-state index contributed by atoms with van der Waals surface area (Å²) in [5, 5.41) is 4.56. The van der Waals surface area contributed by atoms with Crippen LogP contribution in [0.4, 0.5) is 0 Å². The van der Waals surface area contributed by atoms with Gasteiger partial charge in [-0.3, -0.25) is 9.20 Å². The lowest BCUT2D eigenvalue weighted by Gasteiger charge is -2.24. The maximum Gasteiger partial charge on any atom is 0.257 e. The van der Waals surface area contributed by atoms with Crippen LogP contribution in [0.2, 0.25) is 0 Å². The topological polar surface area (TPSA) is 46.8 Å². The molecule has 0 aliphatic carbocycles. The van der Waals surface area contributed by atoms with Gasteiger partial charge in [-0.2, -0.15) is 0 Å². The zero-order chi connectivity index (χ0) is 25.9. The predicted molar refractivity (Wildman–Crippen MR) is 154 cm³/mol. The fourth-order valence-electron chi connectivity index (χ4n) is 4.79. The second-order valence-electron chi connectivity index (χ2n) is 9.23. The van der Waals surface area contributed by atoms with Crippen LogP contribution >= 0.6 is 11.3 Å². The second-order valence-corrected chi connectivity index (χ2v) is 10.1. The van der Waals surface area contributed by atoms with Gasteiger partial charge >= 0.3 is 0 Å². The number of nitrogens with zero attached hydrogens (tertiary/aromatic N) is 3. The number of hydrogen-bond acceptors (Lipinski definition) is 4. The quantitative estimate of drug-likeness (QED) is 0.216. The molecule has 5 nitrogen and oxygen atoms in total. The Hall–Kier alpha value is -4.42. The highest BCUT2D eigenvalue weighted by atomic mass is 32.1. The van der Waals surface area contributed by atoms with E-state index in [1.54, 1.807) is 18.4 Å². The standard InChI is InChI=1S/C32H27N3O2S/c1-37-30-14-8-7-13-28(30)31(36)34(20-23-9-3-2-4-10-23)18-17-27-22-38-32-33-29(21-35(27)32)26-16-15-24-11-5-6-12-25(24)19-26/h2-16,19,21-22H,17-18,20H2,1H3. The number of hydrogen-bond donors (Lipinski definition) is 0. The van der Waals surface area contributed by atoms with Gasteiger partial charge in [0.2, 0.25) is 0 Å². The number of ether oxygens (including phenoxy) is 1. The van der Waals surface area contributed by atoms with Crippen molar-refractivity contribution in [3.63, 3.8) is 0 Å². The molecule has 0 fully saturated rings. The zero-order valence-corrected chi connectivity index (χ0v) is 21.9. The molecular weight excluding hydrogens is 490 g/mol. The molecule has 0 aliphatic rings. The average Bonchev–Trinajstić information content (AvgIpc) is 3.56. The SMILES string of the molecule is COc1ccccc1C(=O)N(CCc1csc2nc(-c3ccc4ccccc4c3)cn12)Cc1ccccc1. The van der Waals surface area contributed by atoms with Crippen molar-refractivity contribution in [2.24, 2.45) is 0 Å². The molecule has 2 aromatic heterocycles. The molecule has 0 radical (unpaired) electrons. The van der Waals surface area contributed by atoms with E-state index >= 15 is 0 Å². The lowest BCUT2D eigenvalue weighted by Crippen LogP contribution is -2.33. The van der Waals surface area contributed by atoms with Crippen LogP contribution in [0.5, 0.6) is 5.75 Å². The first-order valence-electron chi connectivity index (χ1n) is 12.6. The van der Waals surface area contributed by atoms with Gasteiger partial charge in [0.1, 0.15) is 5.75 Å². The largest absolute Gasteiger partial charge is 0.496 e. The van der Waals surface area contributed by atoms with Crippen molar-refractivity contribution in [2.45, 2.75) is 13.0 Å². The van der Waals surface area contributed by atoms with Crippen molar-refractivity contribution in [1.82, 2.24) is 14.3 Å². The lowest BCUT2D eigenvalue weighted by molar-refractivity contribution is 0.0741. The van der Waals surface area contributed by atoms with Gasteiger partial charge in [-0.25, -0.2) is 4.98 Å².